The lowest BCUT2D eigenvalue weighted by Crippen LogP contribution is -2.44. The predicted octanol–water partition coefficient (Wildman–Crippen LogP) is 2.24. The van der Waals surface area contributed by atoms with Crippen LogP contribution in [-0.4, -0.2) is 33.8 Å². The minimum absolute atomic E-state index is 0.661. The maximum Gasteiger partial charge on any atom is 0.0534 e. The first kappa shape index (κ1) is 14.5. The fourth-order valence-corrected chi connectivity index (χ4v) is 3.30. The highest BCUT2D eigenvalue weighted by Crippen LogP contribution is 2.28. The van der Waals surface area contributed by atoms with Crippen molar-refractivity contribution in [2.75, 3.05) is 13.1 Å². The molecular weight excluding hydrogens is 236 g/mol. The fraction of sp³-hybridized carbons (Fsp3) is 0.800. The topological polar surface area (TPSA) is 47.1 Å². The molecule has 2 unspecified atom stereocenters. The van der Waals surface area contributed by atoms with Crippen molar-refractivity contribution in [1.82, 2.24) is 14.7 Å². The second-order valence-electron chi connectivity index (χ2n) is 5.61. The molecule has 4 nitrogen and oxygen atoms in total. The van der Waals surface area contributed by atoms with E-state index in [0.29, 0.717) is 12.0 Å². The first-order chi connectivity index (χ1) is 9.28. The average molecular weight is 264 g/mol. The molecule has 2 rings (SSSR count). The Kier molecular flexibility index (Phi) is 5.40. The van der Waals surface area contributed by atoms with Gasteiger partial charge in [-0.15, -0.1) is 0 Å². The maximum absolute atomic E-state index is 5.96. The van der Waals surface area contributed by atoms with Crippen LogP contribution in [0.15, 0.2) is 12.4 Å². The van der Waals surface area contributed by atoms with Gasteiger partial charge >= 0.3 is 0 Å². The summed E-state index contributed by atoms with van der Waals surface area (Å²) < 4.78 is 2.00. The van der Waals surface area contributed by atoms with Gasteiger partial charge in [0.2, 0.25) is 0 Å². The van der Waals surface area contributed by atoms with Crippen molar-refractivity contribution in [2.24, 2.45) is 11.7 Å². The van der Waals surface area contributed by atoms with E-state index in [-0.39, 0.29) is 0 Å². The fourth-order valence-electron chi connectivity index (χ4n) is 3.30. The number of hydrogen-bond donors (Lipinski definition) is 1. The van der Waals surface area contributed by atoms with Gasteiger partial charge in [-0.2, -0.15) is 5.10 Å². The first-order valence-electron chi connectivity index (χ1n) is 7.73. The monoisotopic (exact) mass is 264 g/mol. The van der Waals surface area contributed by atoms with Gasteiger partial charge in [0.15, 0.2) is 0 Å². The summed E-state index contributed by atoms with van der Waals surface area (Å²) in [7, 11) is 0. The third kappa shape index (κ3) is 3.57. The summed E-state index contributed by atoms with van der Waals surface area (Å²) in [5.41, 5.74) is 7.29. The average Bonchev–Trinajstić information content (AvgIpc) is 2.92. The highest BCUT2D eigenvalue weighted by molar-refractivity contribution is 5.04. The zero-order chi connectivity index (χ0) is 13.7. The third-order valence-electron chi connectivity index (χ3n) is 4.44. The summed E-state index contributed by atoms with van der Waals surface area (Å²) >= 11 is 0. The summed E-state index contributed by atoms with van der Waals surface area (Å²) in [4.78, 5) is 2.59. The summed E-state index contributed by atoms with van der Waals surface area (Å²) in [6, 6.07) is 0.661. The number of nitrogens with two attached hydrogens (primary N) is 1. The van der Waals surface area contributed by atoms with Gasteiger partial charge in [0, 0.05) is 30.9 Å². The Morgan fingerprint density at radius 1 is 1.37 bits per heavy atom. The molecule has 1 aliphatic carbocycles. The van der Waals surface area contributed by atoms with Crippen LogP contribution in [0.1, 0.15) is 45.1 Å². The molecule has 1 aliphatic rings. The van der Waals surface area contributed by atoms with E-state index in [1.807, 2.05) is 10.9 Å². The van der Waals surface area contributed by atoms with E-state index in [4.69, 9.17) is 5.73 Å². The minimum Gasteiger partial charge on any atom is -0.330 e. The highest BCUT2D eigenvalue weighted by Gasteiger charge is 2.28. The van der Waals surface area contributed by atoms with Gasteiger partial charge in [-0.1, -0.05) is 19.8 Å². The van der Waals surface area contributed by atoms with Crippen LogP contribution in [-0.2, 0) is 13.1 Å². The molecule has 2 atom stereocenters. The molecule has 0 aliphatic heterocycles. The van der Waals surface area contributed by atoms with Gasteiger partial charge in [-0.05, 0) is 38.8 Å². The van der Waals surface area contributed by atoms with Crippen molar-refractivity contribution in [3.05, 3.63) is 18.0 Å². The molecule has 2 N–H and O–H groups in total. The lowest BCUT2D eigenvalue weighted by Gasteiger charge is -2.39. The van der Waals surface area contributed by atoms with Crippen LogP contribution < -0.4 is 5.73 Å². The van der Waals surface area contributed by atoms with Gasteiger partial charge in [-0.25, -0.2) is 0 Å². The molecule has 1 fully saturated rings. The standard InChI is InChI=1S/C15H28N4/c1-3-18(11-13-10-17-19(4-2)12-13)15-8-6-5-7-14(15)9-16/h10,12,14-15H,3-9,11,16H2,1-2H3. The molecule has 1 heterocycles. The molecular formula is C15H28N4. The molecule has 0 spiro atoms. The molecule has 108 valence electrons. The van der Waals surface area contributed by atoms with Crippen molar-refractivity contribution < 1.29 is 0 Å². The number of hydrogen-bond acceptors (Lipinski definition) is 3. The lowest BCUT2D eigenvalue weighted by atomic mass is 9.83. The first-order valence-corrected chi connectivity index (χ1v) is 7.73. The van der Waals surface area contributed by atoms with Crippen LogP contribution in [0, 0.1) is 5.92 Å². The zero-order valence-electron chi connectivity index (χ0n) is 12.4. The van der Waals surface area contributed by atoms with E-state index in [2.05, 4.69) is 30.0 Å². The molecule has 0 aromatic carbocycles. The summed E-state index contributed by atoms with van der Waals surface area (Å²) in [6.07, 6.45) is 9.48. The van der Waals surface area contributed by atoms with Crippen LogP contribution >= 0.6 is 0 Å². The van der Waals surface area contributed by atoms with E-state index in [1.54, 1.807) is 0 Å². The molecule has 0 radical (unpaired) electrons. The zero-order valence-corrected chi connectivity index (χ0v) is 12.4. The van der Waals surface area contributed by atoms with Crippen LogP contribution in [0.25, 0.3) is 0 Å². The van der Waals surface area contributed by atoms with Crippen molar-refractivity contribution in [3.63, 3.8) is 0 Å². The van der Waals surface area contributed by atoms with Crippen LogP contribution in [0.5, 0.6) is 0 Å². The van der Waals surface area contributed by atoms with Gasteiger partial charge in [0.1, 0.15) is 0 Å². The van der Waals surface area contributed by atoms with Crippen molar-refractivity contribution >= 4 is 0 Å². The van der Waals surface area contributed by atoms with Crippen LogP contribution in [0.2, 0.25) is 0 Å². The molecule has 0 bridgehead atoms. The Hall–Kier alpha value is -0.870. The summed E-state index contributed by atoms with van der Waals surface area (Å²) in [5.74, 6) is 0.676. The number of rotatable bonds is 6. The molecule has 4 heteroatoms. The minimum atomic E-state index is 0.661. The molecule has 0 amide bonds. The van der Waals surface area contributed by atoms with Gasteiger partial charge in [0.05, 0.1) is 6.20 Å². The van der Waals surface area contributed by atoms with E-state index in [0.717, 1.165) is 26.2 Å². The van der Waals surface area contributed by atoms with E-state index in [1.165, 1.54) is 31.2 Å². The second-order valence-corrected chi connectivity index (χ2v) is 5.61. The predicted molar refractivity (Wildman–Crippen MR) is 78.8 cm³/mol. The number of aromatic nitrogens is 2. The quantitative estimate of drug-likeness (QED) is 0.857. The lowest BCUT2D eigenvalue weighted by molar-refractivity contribution is 0.105. The third-order valence-corrected chi connectivity index (χ3v) is 4.44. The Labute approximate surface area is 117 Å². The van der Waals surface area contributed by atoms with Crippen LogP contribution in [0.3, 0.4) is 0 Å². The Morgan fingerprint density at radius 3 is 2.79 bits per heavy atom. The number of aryl methyl sites for hydroxylation is 1. The molecule has 1 saturated carbocycles. The van der Waals surface area contributed by atoms with Crippen molar-refractivity contribution in [2.45, 2.75) is 58.7 Å². The summed E-state index contributed by atoms with van der Waals surface area (Å²) in [5, 5.41) is 4.37. The van der Waals surface area contributed by atoms with Crippen molar-refractivity contribution in [3.8, 4) is 0 Å². The molecule has 0 saturated heterocycles. The highest BCUT2D eigenvalue weighted by atomic mass is 15.3. The van der Waals surface area contributed by atoms with Gasteiger partial charge in [0.25, 0.3) is 0 Å². The van der Waals surface area contributed by atoms with E-state index in [9.17, 15) is 0 Å². The molecule has 19 heavy (non-hydrogen) atoms. The Bertz CT molecular complexity index is 374. The summed E-state index contributed by atoms with van der Waals surface area (Å²) in [6.45, 7) is 8.26. The smallest absolute Gasteiger partial charge is 0.0534 e. The van der Waals surface area contributed by atoms with Gasteiger partial charge in [-0.3, -0.25) is 9.58 Å². The van der Waals surface area contributed by atoms with E-state index < -0.39 is 0 Å². The van der Waals surface area contributed by atoms with E-state index >= 15 is 0 Å². The molecule has 1 aromatic rings. The normalized spacial score (nSPS) is 24.0. The Balaban J connectivity index is 2.01. The SMILES string of the molecule is CCN(Cc1cnn(CC)c1)C1CCCCC1CN. The van der Waals surface area contributed by atoms with Crippen molar-refractivity contribution in [1.29, 1.82) is 0 Å². The number of nitrogens with zero attached hydrogens (tertiary/aromatic N) is 3. The molecule has 1 aromatic heterocycles. The second kappa shape index (κ2) is 7.06. The maximum atomic E-state index is 5.96. The van der Waals surface area contributed by atoms with Crippen LogP contribution in [0.4, 0.5) is 0 Å². The van der Waals surface area contributed by atoms with Gasteiger partial charge < -0.3 is 5.73 Å². The Morgan fingerprint density at radius 2 is 2.16 bits per heavy atom. The largest absolute Gasteiger partial charge is 0.330 e.